The highest BCUT2D eigenvalue weighted by Gasteiger charge is 1.91. The van der Waals surface area contributed by atoms with Gasteiger partial charge in [-0.2, -0.15) is 0 Å². The molecule has 1 radical (unpaired) electrons. The Balaban J connectivity index is 1.78. The molecular weight excluding hydrogens is 198 g/mol. The van der Waals surface area contributed by atoms with Gasteiger partial charge in [0.25, 0.3) is 0 Å². The normalized spacial score (nSPS) is 10.8. The van der Waals surface area contributed by atoms with E-state index >= 15 is 0 Å². The van der Waals surface area contributed by atoms with Crippen LogP contribution >= 0.6 is 0 Å². The monoisotopic (exact) mass is 222 g/mol. The Hall–Kier alpha value is -0.830. The van der Waals surface area contributed by atoms with Crippen molar-refractivity contribution in [1.29, 1.82) is 0 Å². The van der Waals surface area contributed by atoms with Crippen LogP contribution in [0.4, 0.5) is 0 Å². The molecular formula is C13H24N3. The largest absolute Gasteiger partial charge is 0.337 e. The number of nitrogens with one attached hydrogen (secondary N) is 1. The van der Waals surface area contributed by atoms with E-state index in [1.807, 2.05) is 18.7 Å². The average molecular weight is 222 g/mol. The van der Waals surface area contributed by atoms with Crippen molar-refractivity contribution in [3.8, 4) is 0 Å². The first-order chi connectivity index (χ1) is 7.93. The van der Waals surface area contributed by atoms with Crippen molar-refractivity contribution in [2.75, 3.05) is 13.1 Å². The molecule has 0 aliphatic carbocycles. The first-order valence-corrected chi connectivity index (χ1v) is 6.39. The van der Waals surface area contributed by atoms with E-state index < -0.39 is 0 Å². The summed E-state index contributed by atoms with van der Waals surface area (Å²) in [6, 6.07) is 0. The summed E-state index contributed by atoms with van der Waals surface area (Å²) in [7, 11) is 0. The lowest BCUT2D eigenvalue weighted by atomic mass is 10.1. The van der Waals surface area contributed by atoms with Crippen LogP contribution in [0.25, 0.3) is 0 Å². The average Bonchev–Trinajstić information content (AvgIpc) is 2.80. The molecule has 1 aromatic heterocycles. The molecule has 1 aromatic rings. The van der Waals surface area contributed by atoms with Gasteiger partial charge in [0.15, 0.2) is 0 Å². The van der Waals surface area contributed by atoms with Crippen molar-refractivity contribution in [3.63, 3.8) is 0 Å². The summed E-state index contributed by atoms with van der Waals surface area (Å²) in [4.78, 5) is 4.02. The molecule has 0 fully saturated rings. The predicted octanol–water partition coefficient (Wildman–Crippen LogP) is 2.65. The fourth-order valence-electron chi connectivity index (χ4n) is 1.71. The quantitative estimate of drug-likeness (QED) is 0.617. The Bertz CT molecular complexity index is 231. The van der Waals surface area contributed by atoms with Gasteiger partial charge in [0.05, 0.1) is 6.33 Å². The second kappa shape index (κ2) is 9.40. The van der Waals surface area contributed by atoms with Crippen molar-refractivity contribution in [3.05, 3.63) is 25.6 Å². The van der Waals surface area contributed by atoms with E-state index in [-0.39, 0.29) is 0 Å². The number of rotatable bonds is 10. The van der Waals surface area contributed by atoms with Crippen LogP contribution in [0.2, 0.25) is 0 Å². The maximum Gasteiger partial charge on any atom is 0.0945 e. The van der Waals surface area contributed by atoms with Crippen molar-refractivity contribution in [2.24, 2.45) is 0 Å². The van der Waals surface area contributed by atoms with E-state index in [4.69, 9.17) is 0 Å². The molecule has 16 heavy (non-hydrogen) atoms. The van der Waals surface area contributed by atoms with Crippen molar-refractivity contribution >= 4 is 0 Å². The highest BCUT2D eigenvalue weighted by Crippen LogP contribution is 2.00. The van der Waals surface area contributed by atoms with Gasteiger partial charge in [0.1, 0.15) is 0 Å². The summed E-state index contributed by atoms with van der Waals surface area (Å²) in [5, 5.41) is 3.48. The van der Waals surface area contributed by atoms with Gasteiger partial charge in [-0.25, -0.2) is 4.98 Å². The number of hydrogen-bond donors (Lipinski definition) is 1. The molecule has 0 saturated heterocycles. The lowest BCUT2D eigenvalue weighted by molar-refractivity contribution is 0.551. The van der Waals surface area contributed by atoms with Crippen molar-refractivity contribution in [1.82, 2.24) is 14.9 Å². The Kier molecular flexibility index (Phi) is 7.78. The van der Waals surface area contributed by atoms with E-state index in [2.05, 4.69) is 21.8 Å². The first-order valence-electron chi connectivity index (χ1n) is 6.39. The summed E-state index contributed by atoms with van der Waals surface area (Å²) in [5.41, 5.74) is 0. The zero-order valence-electron chi connectivity index (χ0n) is 10.2. The van der Waals surface area contributed by atoms with Gasteiger partial charge in [-0.15, -0.1) is 0 Å². The van der Waals surface area contributed by atoms with Gasteiger partial charge >= 0.3 is 0 Å². The third-order valence-electron chi connectivity index (χ3n) is 2.68. The van der Waals surface area contributed by atoms with Crippen LogP contribution in [-0.4, -0.2) is 22.6 Å². The zero-order valence-corrected chi connectivity index (χ0v) is 10.2. The first kappa shape index (κ1) is 13.2. The van der Waals surface area contributed by atoms with E-state index in [1.54, 1.807) is 0 Å². The van der Waals surface area contributed by atoms with Crippen LogP contribution in [0.1, 0.15) is 38.5 Å². The van der Waals surface area contributed by atoms with Gasteiger partial charge in [0.2, 0.25) is 0 Å². The molecule has 0 aliphatic heterocycles. The van der Waals surface area contributed by atoms with Crippen LogP contribution in [0.5, 0.6) is 0 Å². The minimum atomic E-state index is 1.06. The molecule has 0 aliphatic rings. The van der Waals surface area contributed by atoms with Gasteiger partial charge in [-0.1, -0.05) is 32.6 Å². The maximum absolute atomic E-state index is 4.02. The summed E-state index contributed by atoms with van der Waals surface area (Å²) >= 11 is 0. The van der Waals surface area contributed by atoms with Gasteiger partial charge in [-0.3, -0.25) is 0 Å². The highest BCUT2D eigenvalue weighted by molar-refractivity contribution is 4.73. The van der Waals surface area contributed by atoms with Gasteiger partial charge < -0.3 is 9.88 Å². The smallest absolute Gasteiger partial charge is 0.0945 e. The van der Waals surface area contributed by atoms with Gasteiger partial charge in [0, 0.05) is 18.9 Å². The summed E-state index contributed by atoms with van der Waals surface area (Å²) in [6.45, 7) is 7.17. The third kappa shape index (κ3) is 6.62. The molecule has 0 bridgehead atoms. The number of unbranched alkanes of at least 4 members (excludes halogenated alkanes) is 4. The summed E-state index contributed by atoms with van der Waals surface area (Å²) < 4.78 is 2.12. The minimum absolute atomic E-state index is 1.06. The van der Waals surface area contributed by atoms with Crippen LogP contribution in [-0.2, 0) is 6.54 Å². The van der Waals surface area contributed by atoms with Gasteiger partial charge in [-0.05, 0) is 25.9 Å². The summed E-state index contributed by atoms with van der Waals surface area (Å²) in [5.74, 6) is 0. The van der Waals surface area contributed by atoms with Crippen LogP contribution in [0.3, 0.4) is 0 Å². The van der Waals surface area contributed by atoms with E-state index in [0.29, 0.717) is 0 Å². The molecule has 1 N–H and O–H groups in total. The van der Waals surface area contributed by atoms with E-state index in [0.717, 1.165) is 26.1 Å². The van der Waals surface area contributed by atoms with Crippen molar-refractivity contribution in [2.45, 2.75) is 45.1 Å². The zero-order chi connectivity index (χ0) is 11.5. The molecule has 1 heterocycles. The summed E-state index contributed by atoms with van der Waals surface area (Å²) in [6.07, 6.45) is 13.2. The molecule has 0 unspecified atom stereocenters. The van der Waals surface area contributed by atoms with Crippen LogP contribution in [0.15, 0.2) is 18.7 Å². The predicted molar refractivity (Wildman–Crippen MR) is 68.2 cm³/mol. The molecule has 3 heteroatoms. The maximum atomic E-state index is 4.02. The molecule has 0 spiro atoms. The van der Waals surface area contributed by atoms with E-state index in [9.17, 15) is 0 Å². The molecule has 3 nitrogen and oxygen atoms in total. The number of aromatic nitrogens is 2. The third-order valence-corrected chi connectivity index (χ3v) is 2.68. The fraction of sp³-hybridized carbons (Fsp3) is 0.692. The SMILES string of the molecule is [CH2]CCCCCCNCCCn1ccnc1. The lowest BCUT2D eigenvalue weighted by Gasteiger charge is -2.05. The molecule has 91 valence electrons. The second-order valence-corrected chi connectivity index (χ2v) is 4.17. The molecule has 0 amide bonds. The molecule has 0 aromatic carbocycles. The molecule has 0 saturated carbocycles. The van der Waals surface area contributed by atoms with Crippen LogP contribution < -0.4 is 5.32 Å². The number of hydrogen-bond acceptors (Lipinski definition) is 2. The Labute approximate surface area is 99.3 Å². The number of imidazole rings is 1. The Morgan fingerprint density at radius 3 is 2.62 bits per heavy atom. The standard InChI is InChI=1S/C13H24N3/c1-2-3-4-5-6-8-14-9-7-11-16-12-10-15-13-16/h10,12-14H,1-9,11H2. The highest BCUT2D eigenvalue weighted by atomic mass is 15.0. The Morgan fingerprint density at radius 2 is 1.88 bits per heavy atom. The topological polar surface area (TPSA) is 29.9 Å². The second-order valence-electron chi connectivity index (χ2n) is 4.17. The fourth-order valence-corrected chi connectivity index (χ4v) is 1.71. The number of nitrogens with zero attached hydrogens (tertiary/aromatic N) is 2. The van der Waals surface area contributed by atoms with Crippen molar-refractivity contribution < 1.29 is 0 Å². The lowest BCUT2D eigenvalue weighted by Crippen LogP contribution is -2.18. The molecule has 0 atom stereocenters. The Morgan fingerprint density at radius 1 is 1.06 bits per heavy atom. The molecule has 1 rings (SSSR count). The van der Waals surface area contributed by atoms with Crippen LogP contribution in [0, 0.1) is 6.92 Å². The number of aryl methyl sites for hydroxylation is 1. The minimum Gasteiger partial charge on any atom is -0.337 e. The van der Waals surface area contributed by atoms with E-state index in [1.165, 1.54) is 32.1 Å².